The van der Waals surface area contributed by atoms with E-state index in [2.05, 4.69) is 25.5 Å². The monoisotopic (exact) mass is 533 g/mol. The summed E-state index contributed by atoms with van der Waals surface area (Å²) < 4.78 is 42.6. The minimum absolute atomic E-state index is 0.299. The molecule has 4 aromatic carbocycles. The predicted octanol–water partition coefficient (Wildman–Crippen LogP) is 7.41. The third-order valence-electron chi connectivity index (χ3n) is 5.90. The van der Waals surface area contributed by atoms with Crippen LogP contribution >= 0.6 is 12.2 Å². The van der Waals surface area contributed by atoms with Gasteiger partial charge in [0, 0.05) is 16.9 Å². The van der Waals surface area contributed by atoms with Crippen molar-refractivity contribution in [2.45, 2.75) is 20.2 Å². The number of ether oxygens (including phenoxy) is 1. The van der Waals surface area contributed by atoms with E-state index in [-0.39, 0.29) is 5.75 Å². The van der Waals surface area contributed by atoms with Crippen molar-refractivity contribution in [2.75, 3.05) is 10.6 Å². The van der Waals surface area contributed by atoms with Crippen LogP contribution in [-0.4, -0.2) is 26.2 Å². The summed E-state index contributed by atoms with van der Waals surface area (Å²) in [5, 5.41) is 13.5. The SMILES string of the molecule is Cc1cccc(C)c1NC(=S)Nc1ccc2cc(-c3ncn(-c4ccc(OC(F)(F)F)cc4)n3)ccc2c1. The Labute approximate surface area is 222 Å². The van der Waals surface area contributed by atoms with Gasteiger partial charge in [0.1, 0.15) is 12.1 Å². The van der Waals surface area contributed by atoms with Crippen molar-refractivity contribution in [3.8, 4) is 22.8 Å². The van der Waals surface area contributed by atoms with Gasteiger partial charge in [0.05, 0.1) is 5.69 Å². The topological polar surface area (TPSA) is 64.0 Å². The van der Waals surface area contributed by atoms with Gasteiger partial charge in [0.25, 0.3) is 0 Å². The fourth-order valence-electron chi connectivity index (χ4n) is 4.07. The number of alkyl halides is 3. The molecule has 0 spiro atoms. The molecular weight excluding hydrogens is 511 g/mol. The number of halogens is 3. The molecule has 0 radical (unpaired) electrons. The zero-order chi connectivity index (χ0) is 26.9. The molecule has 2 N–H and O–H groups in total. The average Bonchev–Trinajstić information content (AvgIpc) is 3.36. The highest BCUT2D eigenvalue weighted by molar-refractivity contribution is 7.80. The lowest BCUT2D eigenvalue weighted by molar-refractivity contribution is -0.274. The van der Waals surface area contributed by atoms with E-state index >= 15 is 0 Å². The number of anilines is 2. The summed E-state index contributed by atoms with van der Waals surface area (Å²) in [6.45, 7) is 4.07. The van der Waals surface area contributed by atoms with Crippen LogP contribution in [0.3, 0.4) is 0 Å². The highest BCUT2D eigenvalue weighted by Gasteiger charge is 2.31. The molecule has 1 aromatic heterocycles. The van der Waals surface area contributed by atoms with Gasteiger partial charge < -0.3 is 15.4 Å². The molecule has 0 saturated carbocycles. The lowest BCUT2D eigenvalue weighted by Crippen LogP contribution is -2.20. The Hall–Kier alpha value is -4.44. The number of nitrogens with one attached hydrogen (secondary N) is 2. The zero-order valence-electron chi connectivity index (χ0n) is 20.4. The Balaban J connectivity index is 1.30. The Morgan fingerprint density at radius 3 is 2.26 bits per heavy atom. The average molecular weight is 534 g/mol. The second-order valence-corrected chi connectivity index (χ2v) is 9.09. The molecule has 6 nitrogen and oxygen atoms in total. The van der Waals surface area contributed by atoms with Crippen LogP contribution in [0.2, 0.25) is 0 Å². The standard InChI is InChI=1S/C28H22F3N5OS/c1-17-4-3-5-18(2)25(17)34-27(38)33-22-9-8-19-14-21(7-6-20(19)15-22)26-32-16-36(35-26)23-10-12-24(13-11-23)37-28(29,30)31/h3-16H,1-2H3,(H2,33,34,38). The lowest BCUT2D eigenvalue weighted by Gasteiger charge is -2.15. The number of aromatic nitrogens is 3. The molecule has 0 aliphatic rings. The molecule has 5 aromatic rings. The van der Waals surface area contributed by atoms with Gasteiger partial charge in [0.15, 0.2) is 10.9 Å². The molecule has 10 heteroatoms. The van der Waals surface area contributed by atoms with Gasteiger partial charge in [-0.05, 0) is 90.4 Å². The summed E-state index contributed by atoms with van der Waals surface area (Å²) in [6, 6.07) is 23.3. The van der Waals surface area contributed by atoms with Gasteiger partial charge in [-0.1, -0.05) is 36.4 Å². The molecule has 192 valence electrons. The third-order valence-corrected chi connectivity index (χ3v) is 6.11. The number of thiocarbonyl (C=S) groups is 1. The van der Waals surface area contributed by atoms with Crippen LogP contribution < -0.4 is 15.4 Å². The minimum Gasteiger partial charge on any atom is -0.406 e. The predicted molar refractivity (Wildman–Crippen MR) is 147 cm³/mol. The first-order valence-corrected chi connectivity index (χ1v) is 12.0. The van der Waals surface area contributed by atoms with Crippen molar-refractivity contribution in [3.63, 3.8) is 0 Å². The first-order valence-electron chi connectivity index (χ1n) is 11.6. The summed E-state index contributed by atoms with van der Waals surface area (Å²) in [6.07, 6.45) is -3.23. The van der Waals surface area contributed by atoms with E-state index in [1.54, 1.807) is 0 Å². The molecular formula is C28H22F3N5OS. The van der Waals surface area contributed by atoms with Crippen LogP contribution in [0.5, 0.6) is 5.75 Å². The maximum absolute atomic E-state index is 12.4. The smallest absolute Gasteiger partial charge is 0.406 e. The highest BCUT2D eigenvalue weighted by atomic mass is 32.1. The summed E-state index contributed by atoms with van der Waals surface area (Å²) in [5.41, 5.74) is 5.44. The van der Waals surface area contributed by atoms with Gasteiger partial charge >= 0.3 is 6.36 Å². The Morgan fingerprint density at radius 2 is 1.55 bits per heavy atom. The largest absolute Gasteiger partial charge is 0.573 e. The van der Waals surface area contributed by atoms with E-state index in [1.807, 2.05) is 68.4 Å². The molecule has 0 aliphatic carbocycles. The molecule has 0 amide bonds. The molecule has 5 rings (SSSR count). The van der Waals surface area contributed by atoms with E-state index in [4.69, 9.17) is 12.2 Å². The van der Waals surface area contributed by atoms with Crippen molar-refractivity contribution in [1.82, 2.24) is 14.8 Å². The van der Waals surface area contributed by atoms with Crippen LogP contribution in [0.4, 0.5) is 24.5 Å². The van der Waals surface area contributed by atoms with Gasteiger partial charge in [-0.3, -0.25) is 0 Å². The molecule has 0 atom stereocenters. The normalized spacial score (nSPS) is 11.4. The lowest BCUT2D eigenvalue weighted by atomic mass is 10.1. The number of aryl methyl sites for hydroxylation is 2. The van der Waals surface area contributed by atoms with Crippen molar-refractivity contribution in [2.24, 2.45) is 0 Å². The van der Waals surface area contributed by atoms with Gasteiger partial charge in [-0.15, -0.1) is 18.3 Å². The number of nitrogens with zero attached hydrogens (tertiary/aromatic N) is 3. The maximum atomic E-state index is 12.4. The van der Waals surface area contributed by atoms with Gasteiger partial charge in [-0.25, -0.2) is 9.67 Å². The van der Waals surface area contributed by atoms with Crippen LogP contribution in [0, 0.1) is 13.8 Å². The summed E-state index contributed by atoms with van der Waals surface area (Å²) in [5.74, 6) is 0.190. The Kier molecular flexibility index (Phi) is 6.73. The fraction of sp³-hybridized carbons (Fsp3) is 0.107. The molecule has 0 bridgehead atoms. The van der Waals surface area contributed by atoms with Crippen LogP contribution in [0.1, 0.15) is 11.1 Å². The molecule has 38 heavy (non-hydrogen) atoms. The first-order chi connectivity index (χ1) is 18.1. The van der Waals surface area contributed by atoms with Crippen molar-refractivity contribution >= 4 is 39.5 Å². The first kappa shape index (κ1) is 25.2. The maximum Gasteiger partial charge on any atom is 0.573 e. The third kappa shape index (κ3) is 5.76. The Bertz CT molecular complexity index is 1610. The zero-order valence-corrected chi connectivity index (χ0v) is 21.2. The van der Waals surface area contributed by atoms with E-state index in [9.17, 15) is 13.2 Å². The molecule has 1 heterocycles. The second-order valence-electron chi connectivity index (χ2n) is 8.68. The number of para-hydroxylation sites is 1. The van der Waals surface area contributed by atoms with E-state index in [1.165, 1.54) is 35.3 Å². The van der Waals surface area contributed by atoms with Crippen LogP contribution in [0.25, 0.3) is 27.8 Å². The summed E-state index contributed by atoms with van der Waals surface area (Å²) in [4.78, 5) is 4.37. The van der Waals surface area contributed by atoms with Gasteiger partial charge in [-0.2, -0.15) is 0 Å². The van der Waals surface area contributed by atoms with E-state index in [0.717, 1.165) is 38.8 Å². The quantitative estimate of drug-likeness (QED) is 0.229. The number of benzene rings is 4. The van der Waals surface area contributed by atoms with Crippen LogP contribution in [-0.2, 0) is 0 Å². The van der Waals surface area contributed by atoms with E-state index in [0.29, 0.717) is 16.6 Å². The summed E-state index contributed by atoms with van der Waals surface area (Å²) in [7, 11) is 0. The van der Waals surface area contributed by atoms with E-state index < -0.39 is 6.36 Å². The van der Waals surface area contributed by atoms with Crippen molar-refractivity contribution in [3.05, 3.63) is 96.3 Å². The number of rotatable bonds is 5. The van der Waals surface area contributed by atoms with Crippen LogP contribution in [0.15, 0.2) is 85.2 Å². The molecule has 0 fully saturated rings. The van der Waals surface area contributed by atoms with Gasteiger partial charge in [0.2, 0.25) is 0 Å². The highest BCUT2D eigenvalue weighted by Crippen LogP contribution is 2.27. The number of hydrogen-bond acceptors (Lipinski definition) is 4. The second kappa shape index (κ2) is 10.1. The minimum atomic E-state index is -4.74. The number of fused-ring (bicyclic) bond motifs is 1. The van der Waals surface area contributed by atoms with Crippen molar-refractivity contribution in [1.29, 1.82) is 0 Å². The summed E-state index contributed by atoms with van der Waals surface area (Å²) >= 11 is 5.52. The Morgan fingerprint density at radius 1 is 0.868 bits per heavy atom. The fourth-order valence-corrected chi connectivity index (χ4v) is 4.29. The number of hydrogen-bond donors (Lipinski definition) is 2. The van der Waals surface area contributed by atoms with Crippen molar-refractivity contribution < 1.29 is 17.9 Å². The molecule has 0 aliphatic heterocycles. The molecule has 0 saturated heterocycles. The molecule has 0 unspecified atom stereocenters.